The molecule has 4 nitrogen and oxygen atoms in total. The smallest absolute Gasteiger partial charge is 0.141 e. The van der Waals surface area contributed by atoms with Gasteiger partial charge in [-0.15, -0.1) is 0 Å². The lowest BCUT2D eigenvalue weighted by atomic mass is 10.1. The van der Waals surface area contributed by atoms with Gasteiger partial charge in [-0.1, -0.05) is 13.8 Å². The maximum atomic E-state index is 13.0. The topological polar surface area (TPSA) is 37.4 Å². The number of nitrogens with zero attached hydrogens (tertiary/aromatic N) is 2. The molecule has 0 bridgehead atoms. The van der Waals surface area contributed by atoms with Crippen molar-refractivity contribution in [3.63, 3.8) is 0 Å². The minimum Gasteiger partial charge on any atom is -0.376 e. The van der Waals surface area contributed by atoms with Crippen molar-refractivity contribution >= 4 is 0 Å². The van der Waals surface area contributed by atoms with Crippen LogP contribution in [-0.2, 0) is 4.74 Å². The number of nitrogens with one attached hydrogen (secondary N) is 1. The van der Waals surface area contributed by atoms with Crippen LogP contribution in [0.25, 0.3) is 0 Å². The summed E-state index contributed by atoms with van der Waals surface area (Å²) >= 11 is 0. The number of pyridine rings is 1. The number of halogens is 1. The largest absolute Gasteiger partial charge is 0.376 e. The molecule has 1 aliphatic rings. The highest BCUT2D eigenvalue weighted by molar-refractivity contribution is 5.10. The fourth-order valence-electron chi connectivity index (χ4n) is 2.74. The third-order valence-electron chi connectivity index (χ3n) is 3.97. The highest BCUT2D eigenvalue weighted by Crippen LogP contribution is 2.17. The molecule has 0 saturated carbocycles. The summed E-state index contributed by atoms with van der Waals surface area (Å²) in [5.41, 5.74) is 0.915. The van der Waals surface area contributed by atoms with Gasteiger partial charge in [-0.25, -0.2) is 4.39 Å². The van der Waals surface area contributed by atoms with Gasteiger partial charge in [0.1, 0.15) is 5.82 Å². The van der Waals surface area contributed by atoms with E-state index in [1.54, 1.807) is 6.07 Å². The quantitative estimate of drug-likeness (QED) is 0.838. The van der Waals surface area contributed by atoms with Crippen LogP contribution in [0.4, 0.5) is 4.39 Å². The number of hydrogen-bond acceptors (Lipinski definition) is 4. The van der Waals surface area contributed by atoms with Gasteiger partial charge in [-0.3, -0.25) is 9.88 Å². The summed E-state index contributed by atoms with van der Waals surface area (Å²) in [5, 5.41) is 3.44. The van der Waals surface area contributed by atoms with Crippen molar-refractivity contribution < 1.29 is 9.13 Å². The van der Waals surface area contributed by atoms with E-state index < -0.39 is 0 Å². The second kappa shape index (κ2) is 8.41. The molecule has 0 aliphatic carbocycles. The van der Waals surface area contributed by atoms with Gasteiger partial charge in [0.25, 0.3) is 0 Å². The summed E-state index contributed by atoms with van der Waals surface area (Å²) in [6.07, 6.45) is 3.69. The van der Waals surface area contributed by atoms with E-state index in [4.69, 9.17) is 4.74 Å². The summed E-state index contributed by atoms with van der Waals surface area (Å²) < 4.78 is 18.7. The van der Waals surface area contributed by atoms with Crippen LogP contribution in [0.2, 0.25) is 0 Å². The molecule has 2 heterocycles. The average Bonchev–Trinajstić information content (AvgIpc) is 2.52. The second-order valence-electron chi connectivity index (χ2n) is 5.50. The Balaban J connectivity index is 1.89. The Morgan fingerprint density at radius 3 is 3.00 bits per heavy atom. The monoisotopic (exact) mass is 295 g/mol. The van der Waals surface area contributed by atoms with Crippen molar-refractivity contribution in [2.24, 2.45) is 0 Å². The van der Waals surface area contributed by atoms with Gasteiger partial charge in [0.15, 0.2) is 0 Å². The summed E-state index contributed by atoms with van der Waals surface area (Å²) in [4.78, 5) is 6.66. The first-order valence-electron chi connectivity index (χ1n) is 7.91. The first-order chi connectivity index (χ1) is 10.2. The number of aromatic nitrogens is 1. The van der Waals surface area contributed by atoms with Crippen molar-refractivity contribution in [1.29, 1.82) is 0 Å². The normalized spacial score (nSPS) is 21.4. The van der Waals surface area contributed by atoms with Crippen molar-refractivity contribution in [3.05, 3.63) is 29.8 Å². The SMILES string of the molecule is CCNC(CCN1CCOC(CC)C1)c1ccc(F)cn1. The van der Waals surface area contributed by atoms with E-state index in [-0.39, 0.29) is 11.9 Å². The van der Waals surface area contributed by atoms with Crippen LogP contribution in [-0.4, -0.2) is 48.8 Å². The first kappa shape index (κ1) is 16.3. The van der Waals surface area contributed by atoms with Gasteiger partial charge >= 0.3 is 0 Å². The van der Waals surface area contributed by atoms with Crippen LogP contribution in [0.1, 0.15) is 38.4 Å². The molecule has 118 valence electrons. The minimum absolute atomic E-state index is 0.179. The summed E-state index contributed by atoms with van der Waals surface area (Å²) in [6, 6.07) is 3.43. The molecule has 0 aromatic carbocycles. The van der Waals surface area contributed by atoms with Crippen LogP contribution in [0, 0.1) is 5.82 Å². The molecule has 1 saturated heterocycles. The molecule has 21 heavy (non-hydrogen) atoms. The van der Waals surface area contributed by atoms with Gasteiger partial charge in [0, 0.05) is 19.6 Å². The molecule has 2 unspecified atom stereocenters. The standard InChI is InChI=1S/C16H26FN3O/c1-3-14-12-20(9-10-21-14)8-7-16(18-4-2)15-6-5-13(17)11-19-15/h5-6,11,14,16,18H,3-4,7-10,12H2,1-2H3. The molecule has 2 rings (SSSR count). The van der Waals surface area contributed by atoms with Gasteiger partial charge in [-0.2, -0.15) is 0 Å². The fraction of sp³-hybridized carbons (Fsp3) is 0.688. The minimum atomic E-state index is -0.284. The lowest BCUT2D eigenvalue weighted by Crippen LogP contribution is -2.43. The molecule has 2 atom stereocenters. The molecule has 1 fully saturated rings. The van der Waals surface area contributed by atoms with Crippen LogP contribution >= 0.6 is 0 Å². The van der Waals surface area contributed by atoms with E-state index in [1.807, 2.05) is 0 Å². The van der Waals surface area contributed by atoms with E-state index in [9.17, 15) is 4.39 Å². The number of rotatable bonds is 7. The molecule has 1 aromatic heterocycles. The predicted octanol–water partition coefficient (Wildman–Crippen LogP) is 2.37. The molecular weight excluding hydrogens is 269 g/mol. The van der Waals surface area contributed by atoms with Crippen molar-refractivity contribution in [2.45, 2.75) is 38.8 Å². The Labute approximate surface area is 126 Å². The Hall–Kier alpha value is -1.04. The number of hydrogen-bond donors (Lipinski definition) is 1. The average molecular weight is 295 g/mol. The third-order valence-corrected chi connectivity index (χ3v) is 3.97. The lowest BCUT2D eigenvalue weighted by Gasteiger charge is -2.33. The number of morpholine rings is 1. The van der Waals surface area contributed by atoms with Crippen LogP contribution < -0.4 is 5.32 Å². The summed E-state index contributed by atoms with van der Waals surface area (Å²) in [7, 11) is 0. The van der Waals surface area contributed by atoms with E-state index in [0.717, 1.165) is 51.3 Å². The van der Waals surface area contributed by atoms with Gasteiger partial charge < -0.3 is 10.1 Å². The van der Waals surface area contributed by atoms with Crippen LogP contribution in [0.3, 0.4) is 0 Å². The van der Waals surface area contributed by atoms with Gasteiger partial charge in [-0.05, 0) is 31.5 Å². The van der Waals surface area contributed by atoms with E-state index >= 15 is 0 Å². The zero-order valence-electron chi connectivity index (χ0n) is 13.0. The third kappa shape index (κ3) is 5.02. The van der Waals surface area contributed by atoms with E-state index in [0.29, 0.717) is 6.10 Å². The van der Waals surface area contributed by atoms with E-state index in [2.05, 4.69) is 29.0 Å². The maximum absolute atomic E-state index is 13.0. The first-order valence-corrected chi connectivity index (χ1v) is 7.91. The fourth-order valence-corrected chi connectivity index (χ4v) is 2.74. The molecule has 0 spiro atoms. The Bertz CT molecular complexity index is 412. The number of ether oxygens (including phenoxy) is 1. The van der Waals surface area contributed by atoms with Crippen molar-refractivity contribution in [3.8, 4) is 0 Å². The van der Waals surface area contributed by atoms with Crippen LogP contribution in [0.5, 0.6) is 0 Å². The molecular formula is C16H26FN3O. The van der Waals surface area contributed by atoms with Gasteiger partial charge in [0.2, 0.25) is 0 Å². The zero-order valence-corrected chi connectivity index (χ0v) is 13.0. The molecule has 0 amide bonds. The molecule has 1 N–H and O–H groups in total. The second-order valence-corrected chi connectivity index (χ2v) is 5.50. The predicted molar refractivity (Wildman–Crippen MR) is 81.7 cm³/mol. The Morgan fingerprint density at radius 2 is 2.33 bits per heavy atom. The molecule has 0 radical (unpaired) electrons. The zero-order chi connectivity index (χ0) is 15.1. The van der Waals surface area contributed by atoms with Crippen LogP contribution in [0.15, 0.2) is 18.3 Å². The molecule has 1 aromatic rings. The van der Waals surface area contributed by atoms with E-state index in [1.165, 1.54) is 12.3 Å². The summed E-state index contributed by atoms with van der Waals surface area (Å²) in [5.74, 6) is -0.284. The Morgan fingerprint density at radius 1 is 1.48 bits per heavy atom. The molecule has 5 heteroatoms. The maximum Gasteiger partial charge on any atom is 0.141 e. The van der Waals surface area contributed by atoms with Crippen molar-refractivity contribution in [1.82, 2.24) is 15.2 Å². The van der Waals surface area contributed by atoms with Crippen molar-refractivity contribution in [2.75, 3.05) is 32.8 Å². The highest BCUT2D eigenvalue weighted by Gasteiger charge is 2.20. The van der Waals surface area contributed by atoms with Gasteiger partial charge in [0.05, 0.1) is 30.6 Å². The molecule has 1 aliphatic heterocycles. The summed E-state index contributed by atoms with van der Waals surface area (Å²) in [6.45, 7) is 8.95. The Kier molecular flexibility index (Phi) is 6.54. The lowest BCUT2D eigenvalue weighted by molar-refractivity contribution is -0.0305. The highest BCUT2D eigenvalue weighted by atomic mass is 19.1.